The number of aliphatic hydroxyl groups excluding tert-OH is 1. The van der Waals surface area contributed by atoms with Crippen LogP contribution in [0.2, 0.25) is 0 Å². The van der Waals surface area contributed by atoms with Crippen LogP contribution in [0.3, 0.4) is 0 Å². The molecule has 1 aromatic rings. The van der Waals surface area contributed by atoms with Crippen LogP contribution in [0.25, 0.3) is 0 Å². The van der Waals surface area contributed by atoms with Gasteiger partial charge in [0.2, 0.25) is 5.01 Å². The molecule has 0 aromatic carbocycles. The molecule has 1 aromatic heterocycles. The fourth-order valence-corrected chi connectivity index (χ4v) is 0.969. The van der Waals surface area contributed by atoms with Gasteiger partial charge in [-0.25, -0.2) is 0 Å². The zero-order valence-electron chi connectivity index (χ0n) is 4.94. The van der Waals surface area contributed by atoms with E-state index < -0.39 is 5.91 Å². The van der Waals surface area contributed by atoms with Gasteiger partial charge in [-0.3, -0.25) is 4.79 Å². The van der Waals surface area contributed by atoms with E-state index in [4.69, 9.17) is 10.8 Å². The summed E-state index contributed by atoms with van der Waals surface area (Å²) in [5.74, 6) is -0.614. The first-order chi connectivity index (χ1) is 4.74. The number of rotatable bonds is 2. The molecule has 0 aliphatic heterocycles. The third-order valence-corrected chi connectivity index (χ3v) is 1.74. The molecule has 0 unspecified atom stereocenters. The predicted molar refractivity (Wildman–Crippen MR) is 34.3 cm³/mol. The molecule has 0 atom stereocenters. The Kier molecular flexibility index (Phi) is 1.93. The van der Waals surface area contributed by atoms with Crippen LogP contribution in [-0.2, 0) is 6.61 Å². The van der Waals surface area contributed by atoms with Gasteiger partial charge < -0.3 is 10.8 Å². The van der Waals surface area contributed by atoms with Crippen molar-refractivity contribution in [3.63, 3.8) is 0 Å². The number of hydrogen-bond donors (Lipinski definition) is 2. The maximum Gasteiger partial charge on any atom is 0.279 e. The van der Waals surface area contributed by atoms with E-state index in [-0.39, 0.29) is 11.6 Å². The summed E-state index contributed by atoms with van der Waals surface area (Å²) in [7, 11) is 0. The minimum Gasteiger partial charge on any atom is -0.389 e. The van der Waals surface area contributed by atoms with E-state index in [1.807, 2.05) is 0 Å². The molecule has 1 amide bonds. The Morgan fingerprint density at radius 1 is 1.70 bits per heavy atom. The Labute approximate surface area is 60.5 Å². The summed E-state index contributed by atoms with van der Waals surface area (Å²) < 4.78 is 0. The molecule has 10 heavy (non-hydrogen) atoms. The number of primary amides is 1. The van der Waals surface area contributed by atoms with Gasteiger partial charge in [0.1, 0.15) is 5.01 Å². The average molecular weight is 159 g/mol. The molecule has 0 spiro atoms. The number of hydrogen-bond acceptors (Lipinski definition) is 5. The Hall–Kier alpha value is -1.01. The summed E-state index contributed by atoms with van der Waals surface area (Å²) in [6, 6.07) is 0. The van der Waals surface area contributed by atoms with Crippen LogP contribution in [-0.4, -0.2) is 21.2 Å². The van der Waals surface area contributed by atoms with Crippen molar-refractivity contribution < 1.29 is 9.90 Å². The number of nitrogens with two attached hydrogens (primary N) is 1. The van der Waals surface area contributed by atoms with Gasteiger partial charge in [-0.15, -0.1) is 10.2 Å². The van der Waals surface area contributed by atoms with Crippen molar-refractivity contribution in [1.29, 1.82) is 0 Å². The van der Waals surface area contributed by atoms with Gasteiger partial charge in [0.25, 0.3) is 5.91 Å². The third kappa shape index (κ3) is 1.28. The van der Waals surface area contributed by atoms with Crippen LogP contribution in [0, 0.1) is 0 Å². The number of aromatic nitrogens is 2. The lowest BCUT2D eigenvalue weighted by Crippen LogP contribution is -2.10. The van der Waals surface area contributed by atoms with Crippen molar-refractivity contribution in [3.05, 3.63) is 10.0 Å². The second-order valence-electron chi connectivity index (χ2n) is 1.52. The van der Waals surface area contributed by atoms with Gasteiger partial charge in [0.15, 0.2) is 0 Å². The summed E-state index contributed by atoms with van der Waals surface area (Å²) in [5.41, 5.74) is 4.87. The molecule has 0 radical (unpaired) electrons. The minimum absolute atomic E-state index is 0.129. The lowest BCUT2D eigenvalue weighted by Gasteiger charge is -1.79. The van der Waals surface area contributed by atoms with Gasteiger partial charge in [-0.05, 0) is 0 Å². The molecule has 0 bridgehead atoms. The molecule has 1 rings (SSSR count). The largest absolute Gasteiger partial charge is 0.389 e. The second-order valence-corrected chi connectivity index (χ2v) is 2.59. The molecule has 6 heteroatoms. The standard InChI is InChI=1S/C4H5N3O2S/c5-3(9)4-7-6-2(1-8)10-4/h8H,1H2,(H2,5,9). The zero-order valence-corrected chi connectivity index (χ0v) is 5.76. The molecule has 0 saturated heterocycles. The van der Waals surface area contributed by atoms with Crippen LogP contribution in [0.1, 0.15) is 14.8 Å². The number of aliphatic hydroxyl groups is 1. The van der Waals surface area contributed by atoms with Crippen molar-refractivity contribution in [2.24, 2.45) is 5.73 Å². The summed E-state index contributed by atoms with van der Waals surface area (Å²) in [6.07, 6.45) is 0. The third-order valence-electron chi connectivity index (χ3n) is 0.813. The monoisotopic (exact) mass is 159 g/mol. The molecule has 0 aliphatic rings. The quantitative estimate of drug-likeness (QED) is 0.587. The average Bonchev–Trinajstić information content (AvgIpc) is 2.34. The molecular formula is C4H5N3O2S. The molecule has 5 nitrogen and oxygen atoms in total. The number of carbonyl (C=O) groups excluding carboxylic acids is 1. The van der Waals surface area contributed by atoms with E-state index in [9.17, 15) is 4.79 Å². The Morgan fingerprint density at radius 3 is 2.70 bits per heavy atom. The molecule has 0 fully saturated rings. The van der Waals surface area contributed by atoms with Crippen molar-refractivity contribution in [3.8, 4) is 0 Å². The zero-order chi connectivity index (χ0) is 7.56. The number of amides is 1. The molecule has 54 valence electrons. The fraction of sp³-hybridized carbons (Fsp3) is 0.250. The van der Waals surface area contributed by atoms with E-state index in [1.54, 1.807) is 0 Å². The highest BCUT2D eigenvalue weighted by molar-refractivity contribution is 7.13. The fourth-order valence-electron chi connectivity index (χ4n) is 0.417. The molecule has 3 N–H and O–H groups in total. The van der Waals surface area contributed by atoms with E-state index in [2.05, 4.69) is 10.2 Å². The molecule has 1 heterocycles. The van der Waals surface area contributed by atoms with Crippen LogP contribution >= 0.6 is 11.3 Å². The van der Waals surface area contributed by atoms with Gasteiger partial charge in [0, 0.05) is 0 Å². The highest BCUT2D eigenvalue weighted by Gasteiger charge is 2.06. The minimum atomic E-state index is -0.614. The van der Waals surface area contributed by atoms with E-state index >= 15 is 0 Å². The molecule has 0 aliphatic carbocycles. The van der Waals surface area contributed by atoms with Gasteiger partial charge >= 0.3 is 0 Å². The maximum absolute atomic E-state index is 10.4. The first kappa shape index (κ1) is 7.10. The van der Waals surface area contributed by atoms with Crippen LogP contribution in [0.4, 0.5) is 0 Å². The maximum atomic E-state index is 10.4. The highest BCUT2D eigenvalue weighted by Crippen LogP contribution is 2.07. The smallest absolute Gasteiger partial charge is 0.279 e. The van der Waals surface area contributed by atoms with Crippen molar-refractivity contribution in [1.82, 2.24) is 10.2 Å². The Balaban J connectivity index is 2.88. The summed E-state index contributed by atoms with van der Waals surface area (Å²) in [5, 5.41) is 15.9. The van der Waals surface area contributed by atoms with Crippen molar-refractivity contribution in [2.75, 3.05) is 0 Å². The van der Waals surface area contributed by atoms with Crippen LogP contribution in [0.15, 0.2) is 0 Å². The summed E-state index contributed by atoms with van der Waals surface area (Å²) >= 11 is 0.994. The van der Waals surface area contributed by atoms with Crippen LogP contribution < -0.4 is 5.73 Å². The normalized spacial score (nSPS) is 9.70. The van der Waals surface area contributed by atoms with E-state index in [0.29, 0.717) is 5.01 Å². The van der Waals surface area contributed by atoms with Gasteiger partial charge in [-0.2, -0.15) is 0 Å². The molecular weight excluding hydrogens is 154 g/mol. The Bertz CT molecular complexity index is 246. The summed E-state index contributed by atoms with van der Waals surface area (Å²) in [6.45, 7) is -0.203. The predicted octanol–water partition coefficient (Wildman–Crippen LogP) is -0.871. The first-order valence-electron chi connectivity index (χ1n) is 2.47. The van der Waals surface area contributed by atoms with Crippen LogP contribution in [0.5, 0.6) is 0 Å². The summed E-state index contributed by atoms with van der Waals surface area (Å²) in [4.78, 5) is 10.4. The first-order valence-corrected chi connectivity index (χ1v) is 3.28. The lowest BCUT2D eigenvalue weighted by atomic mass is 10.7. The van der Waals surface area contributed by atoms with Gasteiger partial charge in [-0.1, -0.05) is 11.3 Å². The number of carbonyl (C=O) groups is 1. The van der Waals surface area contributed by atoms with E-state index in [0.717, 1.165) is 11.3 Å². The Morgan fingerprint density at radius 2 is 2.40 bits per heavy atom. The van der Waals surface area contributed by atoms with Crippen molar-refractivity contribution in [2.45, 2.75) is 6.61 Å². The number of nitrogens with zero attached hydrogens (tertiary/aromatic N) is 2. The van der Waals surface area contributed by atoms with Gasteiger partial charge in [0.05, 0.1) is 6.61 Å². The topological polar surface area (TPSA) is 89.1 Å². The second kappa shape index (κ2) is 2.72. The highest BCUT2D eigenvalue weighted by atomic mass is 32.1. The molecule has 0 saturated carbocycles. The van der Waals surface area contributed by atoms with Crippen molar-refractivity contribution >= 4 is 17.2 Å². The lowest BCUT2D eigenvalue weighted by molar-refractivity contribution is 0.0999. The SMILES string of the molecule is NC(=O)c1nnc(CO)s1. The van der Waals surface area contributed by atoms with E-state index in [1.165, 1.54) is 0 Å².